The molecule has 0 unspecified atom stereocenters. The molecule has 1 aliphatic rings. The Balaban J connectivity index is 1.65. The summed E-state index contributed by atoms with van der Waals surface area (Å²) in [6.07, 6.45) is 0.928. The van der Waals surface area contributed by atoms with Crippen LogP contribution >= 0.6 is 11.3 Å². The summed E-state index contributed by atoms with van der Waals surface area (Å²) in [6.45, 7) is 5.95. The van der Waals surface area contributed by atoms with Gasteiger partial charge in [-0.05, 0) is 57.9 Å². The summed E-state index contributed by atoms with van der Waals surface area (Å²) in [5.41, 5.74) is 1.12. The van der Waals surface area contributed by atoms with E-state index in [1.54, 1.807) is 7.11 Å². The molecule has 1 atom stereocenters. The topological polar surface area (TPSA) is 80.8 Å². The highest BCUT2D eigenvalue weighted by atomic mass is 32.1. The number of benzene rings is 1. The summed E-state index contributed by atoms with van der Waals surface area (Å²) in [4.78, 5) is 31.1. The predicted octanol–water partition coefficient (Wildman–Crippen LogP) is 4.16. The quantitative estimate of drug-likeness (QED) is 0.829. The highest BCUT2D eigenvalue weighted by molar-refractivity contribution is 7.14. The average Bonchev–Trinajstić information content (AvgIpc) is 3.30. The lowest BCUT2D eigenvalue weighted by atomic mass is 10.2. The van der Waals surface area contributed by atoms with Gasteiger partial charge in [0.25, 0.3) is 0 Å². The molecule has 28 heavy (non-hydrogen) atoms. The highest BCUT2D eigenvalue weighted by Gasteiger charge is 2.36. The van der Waals surface area contributed by atoms with E-state index in [2.05, 4.69) is 10.3 Å². The fourth-order valence-corrected chi connectivity index (χ4v) is 3.72. The Morgan fingerprint density at radius 2 is 1.96 bits per heavy atom. The maximum absolute atomic E-state index is 12.7. The average molecular weight is 404 g/mol. The maximum atomic E-state index is 12.7. The maximum Gasteiger partial charge on any atom is 0.410 e. The fraction of sp³-hybridized carbons (Fsp3) is 0.450. The minimum absolute atomic E-state index is 0.237. The lowest BCUT2D eigenvalue weighted by Crippen LogP contribution is -2.45. The number of amides is 2. The first-order valence-electron chi connectivity index (χ1n) is 9.17. The van der Waals surface area contributed by atoms with E-state index in [1.165, 1.54) is 16.2 Å². The van der Waals surface area contributed by atoms with Crippen molar-refractivity contribution in [2.45, 2.75) is 45.3 Å². The third-order valence-corrected chi connectivity index (χ3v) is 5.06. The Kier molecular flexibility index (Phi) is 5.88. The second-order valence-corrected chi connectivity index (χ2v) is 8.45. The number of ether oxygens (including phenoxy) is 2. The van der Waals surface area contributed by atoms with Crippen LogP contribution in [0.1, 0.15) is 33.6 Å². The van der Waals surface area contributed by atoms with Crippen molar-refractivity contribution in [1.29, 1.82) is 0 Å². The molecule has 1 fully saturated rings. The van der Waals surface area contributed by atoms with Crippen LogP contribution in [-0.2, 0) is 9.53 Å². The summed E-state index contributed by atoms with van der Waals surface area (Å²) in [6, 6.07) is 7.03. The van der Waals surface area contributed by atoms with Crippen LogP contribution < -0.4 is 10.1 Å². The lowest BCUT2D eigenvalue weighted by molar-refractivity contribution is -0.120. The molecule has 7 nitrogen and oxygen atoms in total. The van der Waals surface area contributed by atoms with Crippen LogP contribution in [0.3, 0.4) is 0 Å². The van der Waals surface area contributed by atoms with Crippen LogP contribution in [0.25, 0.3) is 11.3 Å². The number of carbonyl (C=O) groups excluding carboxylic acids is 2. The van der Waals surface area contributed by atoms with Crippen molar-refractivity contribution in [3.8, 4) is 17.0 Å². The molecule has 2 amide bonds. The van der Waals surface area contributed by atoms with Crippen LogP contribution in [0.4, 0.5) is 9.93 Å². The normalized spacial score (nSPS) is 16.7. The lowest BCUT2D eigenvalue weighted by Gasteiger charge is -2.27. The van der Waals surface area contributed by atoms with Crippen molar-refractivity contribution >= 4 is 28.5 Å². The van der Waals surface area contributed by atoms with Gasteiger partial charge in [-0.3, -0.25) is 9.69 Å². The molecule has 3 rings (SSSR count). The molecule has 1 aliphatic heterocycles. The summed E-state index contributed by atoms with van der Waals surface area (Å²) < 4.78 is 10.6. The third kappa shape index (κ3) is 4.81. The molecule has 1 N–H and O–H groups in total. The van der Waals surface area contributed by atoms with E-state index < -0.39 is 17.7 Å². The van der Waals surface area contributed by atoms with Gasteiger partial charge in [-0.25, -0.2) is 9.78 Å². The number of nitrogens with zero attached hydrogens (tertiary/aromatic N) is 2. The van der Waals surface area contributed by atoms with Crippen molar-refractivity contribution in [2.75, 3.05) is 19.0 Å². The second kappa shape index (κ2) is 8.18. The van der Waals surface area contributed by atoms with Gasteiger partial charge >= 0.3 is 6.09 Å². The molecule has 2 heterocycles. The Labute approximate surface area is 168 Å². The minimum atomic E-state index is -0.594. The standard InChI is InChI=1S/C20H25N3O4S/c1-20(2,3)27-19(25)23-11-5-6-16(23)17(24)22-18-21-15(12-28-18)13-7-9-14(26-4)10-8-13/h7-10,12,16H,5-6,11H2,1-4H3,(H,21,22,24)/t16-/m0/s1. The smallest absolute Gasteiger partial charge is 0.410 e. The van der Waals surface area contributed by atoms with E-state index in [0.29, 0.717) is 18.1 Å². The Bertz CT molecular complexity index is 842. The summed E-state index contributed by atoms with van der Waals surface area (Å²) >= 11 is 1.35. The van der Waals surface area contributed by atoms with Crippen LogP contribution in [0, 0.1) is 0 Å². The molecule has 0 aliphatic carbocycles. The van der Waals surface area contributed by atoms with Gasteiger partial charge in [-0.1, -0.05) is 0 Å². The Morgan fingerprint density at radius 3 is 2.61 bits per heavy atom. The molecule has 0 bridgehead atoms. The second-order valence-electron chi connectivity index (χ2n) is 7.59. The van der Waals surface area contributed by atoms with Crippen LogP contribution in [0.2, 0.25) is 0 Å². The zero-order valence-corrected chi connectivity index (χ0v) is 17.3. The molecule has 0 spiro atoms. The summed E-state index contributed by atoms with van der Waals surface area (Å²) in [5, 5.41) is 5.23. The first kappa shape index (κ1) is 20.1. The summed E-state index contributed by atoms with van der Waals surface area (Å²) in [7, 11) is 1.62. The van der Waals surface area contributed by atoms with Gasteiger partial charge in [-0.15, -0.1) is 11.3 Å². The highest BCUT2D eigenvalue weighted by Crippen LogP contribution is 2.28. The molecule has 1 aromatic carbocycles. The monoisotopic (exact) mass is 403 g/mol. The van der Waals surface area contributed by atoms with Gasteiger partial charge in [0.15, 0.2) is 5.13 Å². The van der Waals surface area contributed by atoms with Crippen molar-refractivity contribution in [3.05, 3.63) is 29.6 Å². The number of anilines is 1. The third-order valence-electron chi connectivity index (χ3n) is 4.30. The van der Waals surface area contributed by atoms with Crippen molar-refractivity contribution in [1.82, 2.24) is 9.88 Å². The SMILES string of the molecule is COc1ccc(-c2csc(NC(=O)[C@@H]3CCCN3C(=O)OC(C)(C)C)n2)cc1. The number of hydrogen-bond donors (Lipinski definition) is 1. The molecule has 0 radical (unpaired) electrons. The number of hydrogen-bond acceptors (Lipinski definition) is 6. The number of likely N-dealkylation sites (tertiary alicyclic amines) is 1. The first-order valence-corrected chi connectivity index (χ1v) is 10.1. The number of methoxy groups -OCH3 is 1. The zero-order valence-electron chi connectivity index (χ0n) is 16.5. The van der Waals surface area contributed by atoms with E-state index in [4.69, 9.17) is 9.47 Å². The van der Waals surface area contributed by atoms with Crippen molar-refractivity contribution in [2.24, 2.45) is 0 Å². The first-order chi connectivity index (χ1) is 13.3. The number of aromatic nitrogens is 1. The molecule has 2 aromatic rings. The van der Waals surface area contributed by atoms with Crippen LogP contribution in [0.5, 0.6) is 5.75 Å². The van der Waals surface area contributed by atoms with Gasteiger partial charge in [0.1, 0.15) is 17.4 Å². The molecule has 1 aromatic heterocycles. The molecular formula is C20H25N3O4S. The van der Waals surface area contributed by atoms with Crippen molar-refractivity contribution < 1.29 is 19.1 Å². The molecule has 1 saturated heterocycles. The van der Waals surface area contributed by atoms with E-state index in [9.17, 15) is 9.59 Å². The van der Waals surface area contributed by atoms with Gasteiger partial charge in [-0.2, -0.15) is 0 Å². The van der Waals surface area contributed by atoms with E-state index in [-0.39, 0.29) is 5.91 Å². The number of rotatable bonds is 4. The molecule has 150 valence electrons. The van der Waals surface area contributed by atoms with E-state index in [1.807, 2.05) is 50.4 Å². The predicted molar refractivity (Wildman–Crippen MR) is 109 cm³/mol. The van der Waals surface area contributed by atoms with Gasteiger partial charge in [0, 0.05) is 17.5 Å². The number of carbonyl (C=O) groups is 2. The molecular weight excluding hydrogens is 378 g/mol. The van der Waals surface area contributed by atoms with Crippen LogP contribution in [0.15, 0.2) is 29.6 Å². The van der Waals surface area contributed by atoms with Gasteiger partial charge < -0.3 is 14.8 Å². The van der Waals surface area contributed by atoms with Crippen LogP contribution in [-0.4, -0.2) is 47.2 Å². The van der Waals surface area contributed by atoms with E-state index >= 15 is 0 Å². The van der Waals surface area contributed by atoms with Crippen molar-refractivity contribution in [3.63, 3.8) is 0 Å². The summed E-state index contributed by atoms with van der Waals surface area (Å²) in [5.74, 6) is 0.537. The van der Waals surface area contributed by atoms with Gasteiger partial charge in [0.05, 0.1) is 12.8 Å². The largest absolute Gasteiger partial charge is 0.497 e. The Morgan fingerprint density at radius 1 is 1.25 bits per heavy atom. The Hall–Kier alpha value is -2.61. The fourth-order valence-electron chi connectivity index (χ4n) is 2.99. The number of nitrogens with one attached hydrogen (secondary N) is 1. The minimum Gasteiger partial charge on any atom is -0.497 e. The number of thiazole rings is 1. The van der Waals surface area contributed by atoms with E-state index in [0.717, 1.165) is 23.4 Å². The zero-order chi connectivity index (χ0) is 20.3. The van der Waals surface area contributed by atoms with Gasteiger partial charge in [0.2, 0.25) is 5.91 Å². The molecule has 8 heteroatoms. The molecule has 0 saturated carbocycles.